The number of hydrogen-bond donors (Lipinski definition) is 3. The number of aromatic nitrogens is 2. The molecule has 0 bridgehead atoms. The van der Waals surface area contributed by atoms with Gasteiger partial charge in [0.1, 0.15) is 17.1 Å². The first-order chi connectivity index (χ1) is 17.8. The van der Waals surface area contributed by atoms with Crippen LogP contribution in [0.3, 0.4) is 0 Å². The summed E-state index contributed by atoms with van der Waals surface area (Å²) in [5.41, 5.74) is 5.20. The quantitative estimate of drug-likeness (QED) is 0.195. The van der Waals surface area contributed by atoms with Crippen LogP contribution in [0.2, 0.25) is 0 Å². The summed E-state index contributed by atoms with van der Waals surface area (Å²) in [5.74, 6) is -2.14. The lowest BCUT2D eigenvalue weighted by Crippen LogP contribution is -2.71. The standard InChI is InChI=1S/C19H23FN10O5S2/c1-3-28-4-5-29(19(28)22-2)23-6-9-7-36-16-11(15(32)30(16)12(9)17(33)34)24-14(31)10(26-35-8-20)13-25-18(21)37-27-13/h6,11,16H,3-5,7-8H2,1-2H3,(H,24,31)(H,33,34)(H2,21,25,27)/b22-19?,23-6+,26-10-/t11-,16-/m1/s1. The van der Waals surface area contributed by atoms with Crippen molar-refractivity contribution in [2.75, 3.05) is 45.0 Å². The third kappa shape index (κ3) is 5.06. The highest BCUT2D eigenvalue weighted by Gasteiger charge is 2.54. The minimum absolute atomic E-state index is 0.0450. The number of nitrogens with one attached hydrogen (secondary N) is 1. The molecule has 2 fully saturated rings. The molecule has 2 amide bonds. The van der Waals surface area contributed by atoms with Crippen LogP contribution in [-0.4, -0.2) is 116 Å². The number of nitrogens with two attached hydrogens (primary N) is 1. The number of rotatable bonds is 9. The molecule has 18 heteroatoms. The smallest absolute Gasteiger partial charge is 0.353 e. The number of oxime groups is 1. The predicted octanol–water partition coefficient (Wildman–Crippen LogP) is -0.884. The minimum atomic E-state index is -1.30. The number of β-lactam (4-membered cyclic amide) rings is 1. The third-order valence-corrected chi connectivity index (χ3v) is 7.44. The number of amides is 2. The fourth-order valence-corrected chi connectivity index (χ4v) is 5.67. The molecule has 4 rings (SSSR count). The Hall–Kier alpha value is -3.80. The van der Waals surface area contributed by atoms with E-state index in [1.807, 2.05) is 11.8 Å². The van der Waals surface area contributed by atoms with Crippen molar-refractivity contribution in [2.24, 2.45) is 15.2 Å². The van der Waals surface area contributed by atoms with Gasteiger partial charge < -0.3 is 25.9 Å². The molecular weight excluding hydrogens is 531 g/mol. The van der Waals surface area contributed by atoms with Gasteiger partial charge in [0.05, 0.1) is 12.8 Å². The van der Waals surface area contributed by atoms with Crippen LogP contribution in [0.25, 0.3) is 0 Å². The SMILES string of the molecule is CCN1CCN(/N=C/C2=C(C(=O)O)N3C(=O)[C@@H](NC(=O)/C(=N\OCF)c4nsc(N)n4)[C@H]3SC2)C1=NC. The van der Waals surface area contributed by atoms with Crippen molar-refractivity contribution in [3.05, 3.63) is 17.1 Å². The van der Waals surface area contributed by atoms with E-state index in [2.05, 4.69) is 34.8 Å². The molecule has 198 valence electrons. The van der Waals surface area contributed by atoms with Gasteiger partial charge in [0.2, 0.25) is 17.5 Å². The predicted molar refractivity (Wildman–Crippen MR) is 133 cm³/mol. The highest BCUT2D eigenvalue weighted by molar-refractivity contribution is 8.00. The van der Waals surface area contributed by atoms with Gasteiger partial charge in [0, 0.05) is 43.0 Å². The first-order valence-electron chi connectivity index (χ1n) is 10.9. The molecule has 2 atom stereocenters. The second-order valence-corrected chi connectivity index (χ2v) is 9.53. The molecule has 0 aromatic carbocycles. The van der Waals surface area contributed by atoms with E-state index >= 15 is 0 Å². The maximum Gasteiger partial charge on any atom is 0.353 e. The van der Waals surface area contributed by atoms with Gasteiger partial charge in [-0.25, -0.2) is 14.2 Å². The Morgan fingerprint density at radius 2 is 2.19 bits per heavy atom. The molecular formula is C19H23FN10O5S2. The molecule has 0 aliphatic carbocycles. The van der Waals surface area contributed by atoms with Gasteiger partial charge in [-0.2, -0.15) is 14.5 Å². The van der Waals surface area contributed by atoms with E-state index in [1.165, 1.54) is 18.0 Å². The summed E-state index contributed by atoms with van der Waals surface area (Å²) >= 11 is 2.05. The average Bonchev–Trinajstić information content (AvgIpc) is 3.50. The fraction of sp³-hybridized carbons (Fsp3) is 0.474. The van der Waals surface area contributed by atoms with E-state index in [1.54, 1.807) is 12.1 Å². The molecule has 0 saturated carbocycles. The van der Waals surface area contributed by atoms with Gasteiger partial charge in [-0.1, -0.05) is 5.16 Å². The molecule has 4 N–H and O–H groups in total. The number of alkyl halides is 1. The van der Waals surface area contributed by atoms with Crippen LogP contribution >= 0.6 is 23.3 Å². The number of carbonyl (C=O) groups is 3. The van der Waals surface area contributed by atoms with Crippen molar-refractivity contribution >= 4 is 64.1 Å². The first-order valence-corrected chi connectivity index (χ1v) is 12.7. The summed E-state index contributed by atoms with van der Waals surface area (Å²) in [7, 11) is 1.65. The molecule has 1 aromatic rings. The number of halogens is 1. The molecule has 0 spiro atoms. The summed E-state index contributed by atoms with van der Waals surface area (Å²) < 4.78 is 16.3. The number of carboxylic acid groups (broad SMARTS) is 1. The van der Waals surface area contributed by atoms with E-state index in [0.717, 1.165) is 29.5 Å². The van der Waals surface area contributed by atoms with E-state index in [-0.39, 0.29) is 22.4 Å². The Bertz CT molecular complexity index is 1220. The number of carbonyl (C=O) groups excluding carboxylic acids is 2. The number of aliphatic imine (C=N–C) groups is 1. The summed E-state index contributed by atoms with van der Waals surface area (Å²) in [5, 5.41) is 21.2. The van der Waals surface area contributed by atoms with Crippen molar-refractivity contribution in [2.45, 2.75) is 18.3 Å². The number of nitrogen functional groups attached to an aromatic ring is 1. The second-order valence-electron chi connectivity index (χ2n) is 7.65. The topological polar surface area (TPSA) is 191 Å². The fourth-order valence-electron chi connectivity index (χ4n) is 3.94. The van der Waals surface area contributed by atoms with Gasteiger partial charge in [0.25, 0.3) is 18.7 Å². The Kier molecular flexibility index (Phi) is 7.86. The zero-order valence-electron chi connectivity index (χ0n) is 19.7. The number of carboxylic acids is 1. The highest BCUT2D eigenvalue weighted by atomic mass is 32.2. The molecule has 0 unspecified atom stereocenters. The zero-order chi connectivity index (χ0) is 26.7. The maximum atomic E-state index is 12.9. The van der Waals surface area contributed by atoms with Crippen molar-refractivity contribution < 1.29 is 28.7 Å². The Morgan fingerprint density at radius 3 is 2.81 bits per heavy atom. The van der Waals surface area contributed by atoms with Crippen molar-refractivity contribution in [3.8, 4) is 0 Å². The number of nitrogens with zero attached hydrogens (tertiary/aromatic N) is 8. The van der Waals surface area contributed by atoms with Gasteiger partial charge >= 0.3 is 5.97 Å². The number of hydrazone groups is 1. The average molecular weight is 555 g/mol. The maximum absolute atomic E-state index is 12.9. The van der Waals surface area contributed by atoms with Crippen LogP contribution in [0.1, 0.15) is 12.7 Å². The molecule has 4 heterocycles. The molecule has 0 radical (unpaired) electrons. The van der Waals surface area contributed by atoms with E-state index in [9.17, 15) is 23.9 Å². The number of anilines is 1. The molecule has 3 aliphatic rings. The van der Waals surface area contributed by atoms with Gasteiger partial charge in [-0.15, -0.1) is 11.8 Å². The largest absolute Gasteiger partial charge is 0.477 e. The number of aliphatic carboxylic acids is 1. The van der Waals surface area contributed by atoms with E-state index in [4.69, 9.17) is 5.73 Å². The van der Waals surface area contributed by atoms with Crippen molar-refractivity contribution in [1.82, 2.24) is 29.5 Å². The normalized spacial score (nSPS) is 23.1. The lowest BCUT2D eigenvalue weighted by Gasteiger charge is -2.49. The summed E-state index contributed by atoms with van der Waals surface area (Å²) in [6.07, 6.45) is 1.42. The summed E-state index contributed by atoms with van der Waals surface area (Å²) in [6.45, 7) is 2.78. The number of hydrogen-bond acceptors (Lipinski definition) is 12. The first kappa shape index (κ1) is 26.3. The van der Waals surface area contributed by atoms with Gasteiger partial charge in [0.15, 0.2) is 5.13 Å². The Morgan fingerprint density at radius 1 is 1.41 bits per heavy atom. The van der Waals surface area contributed by atoms with Crippen LogP contribution in [0, 0.1) is 0 Å². The van der Waals surface area contributed by atoms with E-state index in [0.29, 0.717) is 18.1 Å². The molecule has 3 aliphatic heterocycles. The third-order valence-electron chi connectivity index (χ3n) is 5.59. The molecule has 37 heavy (non-hydrogen) atoms. The van der Waals surface area contributed by atoms with Crippen LogP contribution in [-0.2, 0) is 19.2 Å². The Balaban J connectivity index is 1.51. The number of guanidine groups is 1. The van der Waals surface area contributed by atoms with Crippen molar-refractivity contribution in [1.29, 1.82) is 0 Å². The Labute approximate surface area is 218 Å². The highest BCUT2D eigenvalue weighted by Crippen LogP contribution is 2.40. The zero-order valence-corrected chi connectivity index (χ0v) is 21.3. The molecule has 15 nitrogen and oxygen atoms in total. The number of likely N-dealkylation sites (N-methyl/N-ethyl adjacent to an activating group) is 1. The second kappa shape index (κ2) is 11.1. The monoisotopic (exact) mass is 554 g/mol. The van der Waals surface area contributed by atoms with Crippen LogP contribution < -0.4 is 11.1 Å². The number of thioether (sulfide) groups is 1. The van der Waals surface area contributed by atoms with Gasteiger partial charge in [-0.3, -0.25) is 19.5 Å². The minimum Gasteiger partial charge on any atom is -0.477 e. The lowest BCUT2D eigenvalue weighted by atomic mass is 10.0. The lowest BCUT2D eigenvalue weighted by molar-refractivity contribution is -0.150. The van der Waals surface area contributed by atoms with Crippen LogP contribution in [0.4, 0.5) is 9.52 Å². The van der Waals surface area contributed by atoms with Crippen molar-refractivity contribution in [3.63, 3.8) is 0 Å². The van der Waals surface area contributed by atoms with Crippen LogP contribution in [0.15, 0.2) is 26.5 Å². The summed E-state index contributed by atoms with van der Waals surface area (Å²) in [4.78, 5) is 53.4. The number of fused-ring (bicyclic) bond motifs is 1. The molecule has 2 saturated heterocycles. The summed E-state index contributed by atoms with van der Waals surface area (Å²) in [6, 6.07) is -1.06. The van der Waals surface area contributed by atoms with Gasteiger partial charge in [-0.05, 0) is 6.92 Å². The van der Waals surface area contributed by atoms with Crippen LogP contribution in [0.5, 0.6) is 0 Å². The molecule has 1 aromatic heterocycles. The van der Waals surface area contributed by atoms with E-state index < -0.39 is 41.8 Å².